The van der Waals surface area contributed by atoms with Gasteiger partial charge in [-0.25, -0.2) is 15.0 Å². The zero-order chi connectivity index (χ0) is 31.2. The van der Waals surface area contributed by atoms with E-state index in [0.29, 0.717) is 17.5 Å². The quantitative estimate of drug-likeness (QED) is 0.197. The fourth-order valence-corrected chi connectivity index (χ4v) is 6.28. The molecular formula is C43H27N3O. The summed E-state index contributed by atoms with van der Waals surface area (Å²) < 4.78 is 6.50. The maximum absolute atomic E-state index is 6.50. The largest absolute Gasteiger partial charge is 0.456 e. The number of hydrogen-bond donors (Lipinski definition) is 0. The molecule has 0 unspecified atom stereocenters. The van der Waals surface area contributed by atoms with Gasteiger partial charge in [-0.1, -0.05) is 127 Å². The molecule has 0 radical (unpaired) electrons. The van der Waals surface area contributed by atoms with Crippen LogP contribution in [0.3, 0.4) is 0 Å². The number of rotatable bonds is 5. The molecule has 220 valence electrons. The standard InChI is InChI=1S/C43H27N3O/c1-3-10-28(11-4-1)32-16-9-17-33(24-32)34-20-22-37-38-23-21-36(27-40(38)47-39(37)26-34)43-45-41(30-13-5-2-6-14-30)44-42(46-43)35-19-18-29-12-7-8-15-31(29)25-35/h1-27H. The molecule has 4 nitrogen and oxygen atoms in total. The minimum atomic E-state index is 0.600. The molecule has 0 aliphatic rings. The van der Waals surface area contributed by atoms with Crippen molar-refractivity contribution in [3.8, 4) is 56.4 Å². The third-order valence-corrected chi connectivity index (χ3v) is 8.71. The van der Waals surface area contributed by atoms with Crippen LogP contribution in [0, 0.1) is 0 Å². The minimum Gasteiger partial charge on any atom is -0.456 e. The van der Waals surface area contributed by atoms with Crippen LogP contribution >= 0.6 is 0 Å². The highest BCUT2D eigenvalue weighted by molar-refractivity contribution is 6.07. The fraction of sp³-hybridized carbons (Fsp3) is 0. The fourth-order valence-electron chi connectivity index (χ4n) is 6.28. The van der Waals surface area contributed by atoms with Gasteiger partial charge in [0, 0.05) is 27.5 Å². The van der Waals surface area contributed by atoms with Crippen molar-refractivity contribution in [1.29, 1.82) is 0 Å². The Hall–Kier alpha value is -6.39. The van der Waals surface area contributed by atoms with E-state index in [2.05, 4.69) is 115 Å². The molecule has 2 heterocycles. The van der Waals surface area contributed by atoms with Crippen LogP contribution in [0.1, 0.15) is 0 Å². The third kappa shape index (κ3) is 5.02. The highest BCUT2D eigenvalue weighted by Crippen LogP contribution is 2.36. The molecular weight excluding hydrogens is 574 g/mol. The van der Waals surface area contributed by atoms with Crippen molar-refractivity contribution in [2.45, 2.75) is 0 Å². The molecule has 0 amide bonds. The summed E-state index contributed by atoms with van der Waals surface area (Å²) in [6.45, 7) is 0. The monoisotopic (exact) mass is 601 g/mol. The molecule has 9 aromatic rings. The highest BCUT2D eigenvalue weighted by atomic mass is 16.3. The lowest BCUT2D eigenvalue weighted by Crippen LogP contribution is -2.00. The first-order chi connectivity index (χ1) is 23.2. The molecule has 2 aromatic heterocycles. The number of nitrogens with zero attached hydrogens (tertiary/aromatic N) is 3. The predicted octanol–water partition coefficient (Wildman–Crippen LogP) is 11.3. The van der Waals surface area contributed by atoms with Crippen LogP contribution in [0.5, 0.6) is 0 Å². The summed E-state index contributed by atoms with van der Waals surface area (Å²) in [4.78, 5) is 14.9. The summed E-state index contributed by atoms with van der Waals surface area (Å²) >= 11 is 0. The summed E-state index contributed by atoms with van der Waals surface area (Å²) in [5, 5.41) is 4.45. The molecule has 0 spiro atoms. The van der Waals surface area contributed by atoms with E-state index in [4.69, 9.17) is 19.4 Å². The number of hydrogen-bond acceptors (Lipinski definition) is 4. The van der Waals surface area contributed by atoms with Crippen LogP contribution in [0.15, 0.2) is 168 Å². The van der Waals surface area contributed by atoms with Gasteiger partial charge in [0.15, 0.2) is 17.5 Å². The summed E-state index contributed by atoms with van der Waals surface area (Å²) in [6.07, 6.45) is 0. The van der Waals surface area contributed by atoms with Gasteiger partial charge >= 0.3 is 0 Å². The summed E-state index contributed by atoms with van der Waals surface area (Å²) in [7, 11) is 0. The molecule has 7 aromatic carbocycles. The summed E-state index contributed by atoms with van der Waals surface area (Å²) in [5.41, 5.74) is 9.03. The van der Waals surface area contributed by atoms with Crippen LogP contribution in [0.4, 0.5) is 0 Å². The molecule has 0 saturated heterocycles. The van der Waals surface area contributed by atoms with Gasteiger partial charge < -0.3 is 4.42 Å². The van der Waals surface area contributed by atoms with Gasteiger partial charge in [-0.05, 0) is 69.4 Å². The van der Waals surface area contributed by atoms with Crippen molar-refractivity contribution >= 4 is 32.7 Å². The number of fused-ring (bicyclic) bond motifs is 4. The Morgan fingerprint density at radius 1 is 0.298 bits per heavy atom. The van der Waals surface area contributed by atoms with Crippen LogP contribution in [-0.4, -0.2) is 15.0 Å². The van der Waals surface area contributed by atoms with E-state index in [9.17, 15) is 0 Å². The van der Waals surface area contributed by atoms with Crippen LogP contribution in [-0.2, 0) is 0 Å². The van der Waals surface area contributed by atoms with Crippen molar-refractivity contribution in [1.82, 2.24) is 15.0 Å². The molecule has 4 heteroatoms. The summed E-state index contributed by atoms with van der Waals surface area (Å²) in [5.74, 6) is 1.86. The van der Waals surface area contributed by atoms with Gasteiger partial charge in [0.25, 0.3) is 0 Å². The molecule has 0 aliphatic carbocycles. The van der Waals surface area contributed by atoms with E-state index in [-0.39, 0.29) is 0 Å². The Bertz CT molecular complexity index is 2570. The molecule has 0 bridgehead atoms. The van der Waals surface area contributed by atoms with E-state index < -0.39 is 0 Å². The topological polar surface area (TPSA) is 51.8 Å². The van der Waals surface area contributed by atoms with E-state index in [0.717, 1.165) is 55.1 Å². The third-order valence-electron chi connectivity index (χ3n) is 8.71. The Balaban J connectivity index is 1.14. The van der Waals surface area contributed by atoms with Crippen molar-refractivity contribution in [3.63, 3.8) is 0 Å². The Morgan fingerprint density at radius 3 is 1.47 bits per heavy atom. The van der Waals surface area contributed by atoms with Gasteiger partial charge in [0.1, 0.15) is 11.2 Å². The Labute approximate surface area is 271 Å². The molecule has 0 N–H and O–H groups in total. The number of benzene rings is 7. The lowest BCUT2D eigenvalue weighted by Gasteiger charge is -2.09. The van der Waals surface area contributed by atoms with Crippen molar-refractivity contribution < 1.29 is 4.42 Å². The van der Waals surface area contributed by atoms with Crippen molar-refractivity contribution in [2.24, 2.45) is 0 Å². The second kappa shape index (κ2) is 11.2. The smallest absolute Gasteiger partial charge is 0.164 e. The van der Waals surface area contributed by atoms with Crippen LogP contribution < -0.4 is 0 Å². The lowest BCUT2D eigenvalue weighted by atomic mass is 9.98. The van der Waals surface area contributed by atoms with E-state index in [1.807, 2.05) is 48.5 Å². The van der Waals surface area contributed by atoms with Gasteiger partial charge in [-0.2, -0.15) is 0 Å². The Morgan fingerprint density at radius 2 is 0.766 bits per heavy atom. The summed E-state index contributed by atoms with van der Waals surface area (Å²) in [6, 6.07) is 56.5. The molecule has 47 heavy (non-hydrogen) atoms. The molecule has 0 aliphatic heterocycles. The number of furan rings is 1. The first kappa shape index (κ1) is 27.0. The second-order valence-corrected chi connectivity index (χ2v) is 11.7. The molecule has 0 saturated carbocycles. The zero-order valence-corrected chi connectivity index (χ0v) is 25.3. The first-order valence-electron chi connectivity index (χ1n) is 15.7. The van der Waals surface area contributed by atoms with Crippen molar-refractivity contribution in [3.05, 3.63) is 164 Å². The maximum atomic E-state index is 6.50. The zero-order valence-electron chi connectivity index (χ0n) is 25.3. The highest BCUT2D eigenvalue weighted by Gasteiger charge is 2.15. The average Bonchev–Trinajstić information content (AvgIpc) is 3.52. The maximum Gasteiger partial charge on any atom is 0.164 e. The SMILES string of the molecule is c1ccc(-c2cccc(-c3ccc4c(c3)oc3cc(-c5nc(-c6ccccc6)nc(-c6ccc7ccccc7c6)n5)ccc34)c2)cc1. The lowest BCUT2D eigenvalue weighted by molar-refractivity contribution is 0.669. The molecule has 9 rings (SSSR count). The average molecular weight is 602 g/mol. The van der Waals surface area contributed by atoms with Gasteiger partial charge in [-0.3, -0.25) is 0 Å². The van der Waals surface area contributed by atoms with Gasteiger partial charge in [0.2, 0.25) is 0 Å². The van der Waals surface area contributed by atoms with Gasteiger partial charge in [0.05, 0.1) is 0 Å². The van der Waals surface area contributed by atoms with Crippen molar-refractivity contribution in [2.75, 3.05) is 0 Å². The predicted molar refractivity (Wildman–Crippen MR) is 192 cm³/mol. The first-order valence-corrected chi connectivity index (χ1v) is 15.7. The second-order valence-electron chi connectivity index (χ2n) is 11.7. The van der Waals surface area contributed by atoms with E-state index >= 15 is 0 Å². The van der Waals surface area contributed by atoms with E-state index in [1.165, 1.54) is 16.5 Å². The van der Waals surface area contributed by atoms with Crippen LogP contribution in [0.25, 0.3) is 89.1 Å². The Kier molecular flexibility index (Phi) is 6.43. The minimum absolute atomic E-state index is 0.600. The normalized spacial score (nSPS) is 11.4. The van der Waals surface area contributed by atoms with Crippen LogP contribution in [0.2, 0.25) is 0 Å². The molecule has 0 atom stereocenters. The van der Waals surface area contributed by atoms with E-state index in [1.54, 1.807) is 0 Å². The number of aromatic nitrogens is 3. The molecule has 0 fully saturated rings. The van der Waals surface area contributed by atoms with Gasteiger partial charge in [-0.15, -0.1) is 0 Å².